The molecule has 0 spiro atoms. The molecule has 0 saturated carbocycles. The van der Waals surface area contributed by atoms with Crippen LogP contribution in [0.15, 0.2) is 42.7 Å². The molecule has 0 saturated heterocycles. The third kappa shape index (κ3) is 7.19. The van der Waals surface area contributed by atoms with Gasteiger partial charge in [0.15, 0.2) is 14.4 Å². The molecule has 6 heteroatoms. The van der Waals surface area contributed by atoms with Crippen molar-refractivity contribution in [1.29, 1.82) is 0 Å². The first kappa shape index (κ1) is 25.6. The van der Waals surface area contributed by atoms with Gasteiger partial charge in [-0.15, -0.1) is 0 Å². The number of esters is 1. The lowest BCUT2D eigenvalue weighted by molar-refractivity contribution is -0.171. The van der Waals surface area contributed by atoms with Gasteiger partial charge in [-0.3, -0.25) is 4.79 Å². The summed E-state index contributed by atoms with van der Waals surface area (Å²) in [5, 5.41) is 0.0965. The van der Waals surface area contributed by atoms with E-state index in [1.165, 1.54) is 0 Å². The standard InChI is InChI=1S/C25H40O5Si/c1-8-20(9-2)24(26)30-21-15-16-27-22(18-29-31(6,7)25(3,4)5)23(21)28-17-19-13-11-10-12-14-19/h10-16,20-23H,8-9,17-18H2,1-7H3. The predicted octanol–water partition coefficient (Wildman–Crippen LogP) is 5.85. The SMILES string of the molecule is CCC(CC)C(=O)OC1C=COC(CO[Si](C)(C)C(C)(C)C)C1OCc1ccccc1. The highest BCUT2D eigenvalue weighted by Gasteiger charge is 2.41. The second kappa shape index (κ2) is 11.3. The van der Waals surface area contributed by atoms with Crippen molar-refractivity contribution in [2.75, 3.05) is 6.61 Å². The average Bonchev–Trinajstić information content (AvgIpc) is 2.72. The smallest absolute Gasteiger partial charge is 0.309 e. The van der Waals surface area contributed by atoms with Crippen molar-refractivity contribution >= 4 is 14.3 Å². The maximum atomic E-state index is 12.7. The molecule has 1 aliphatic rings. The molecule has 0 bridgehead atoms. The maximum absolute atomic E-state index is 12.7. The first-order valence-electron chi connectivity index (χ1n) is 11.4. The van der Waals surface area contributed by atoms with Crippen molar-refractivity contribution in [3.05, 3.63) is 48.2 Å². The van der Waals surface area contributed by atoms with Gasteiger partial charge in [0.25, 0.3) is 0 Å². The highest BCUT2D eigenvalue weighted by Crippen LogP contribution is 2.37. The molecule has 1 aromatic carbocycles. The molecule has 174 valence electrons. The molecule has 0 amide bonds. The van der Waals surface area contributed by atoms with E-state index >= 15 is 0 Å². The Morgan fingerprint density at radius 3 is 2.35 bits per heavy atom. The van der Waals surface area contributed by atoms with Gasteiger partial charge in [-0.05, 0) is 42.6 Å². The van der Waals surface area contributed by atoms with E-state index in [2.05, 4.69) is 33.9 Å². The summed E-state index contributed by atoms with van der Waals surface area (Å²) in [6.45, 7) is 15.9. The molecule has 3 unspecified atom stereocenters. The van der Waals surface area contributed by atoms with Gasteiger partial charge in [0.05, 0.1) is 25.4 Å². The van der Waals surface area contributed by atoms with Crippen molar-refractivity contribution in [3.8, 4) is 0 Å². The van der Waals surface area contributed by atoms with Crippen molar-refractivity contribution in [2.24, 2.45) is 5.92 Å². The monoisotopic (exact) mass is 448 g/mol. The lowest BCUT2D eigenvalue weighted by atomic mass is 10.0. The fraction of sp³-hybridized carbons (Fsp3) is 0.640. The molecule has 0 aliphatic carbocycles. The number of ether oxygens (including phenoxy) is 3. The van der Waals surface area contributed by atoms with E-state index in [-0.39, 0.29) is 23.0 Å². The maximum Gasteiger partial charge on any atom is 0.309 e. The molecular weight excluding hydrogens is 408 g/mol. The number of benzene rings is 1. The summed E-state index contributed by atoms with van der Waals surface area (Å²) in [5.41, 5.74) is 1.06. The molecule has 1 heterocycles. The first-order valence-corrected chi connectivity index (χ1v) is 14.3. The second-order valence-electron chi connectivity index (χ2n) is 9.75. The number of hydrogen-bond acceptors (Lipinski definition) is 5. The third-order valence-corrected chi connectivity index (χ3v) is 11.0. The summed E-state index contributed by atoms with van der Waals surface area (Å²) in [7, 11) is -1.96. The van der Waals surface area contributed by atoms with Gasteiger partial charge in [0.2, 0.25) is 0 Å². The molecule has 0 aromatic heterocycles. The molecule has 3 atom stereocenters. The highest BCUT2D eigenvalue weighted by atomic mass is 28.4. The van der Waals surface area contributed by atoms with Gasteiger partial charge in [0, 0.05) is 0 Å². The Hall–Kier alpha value is -1.63. The van der Waals surface area contributed by atoms with Crippen LogP contribution in [0.5, 0.6) is 0 Å². The molecule has 1 aromatic rings. The van der Waals surface area contributed by atoms with E-state index in [0.29, 0.717) is 13.2 Å². The Morgan fingerprint density at radius 1 is 1.13 bits per heavy atom. The molecule has 0 radical (unpaired) electrons. The zero-order chi connectivity index (χ0) is 23.1. The minimum Gasteiger partial charge on any atom is -0.493 e. The molecule has 5 nitrogen and oxygen atoms in total. The minimum absolute atomic E-state index is 0.0965. The summed E-state index contributed by atoms with van der Waals surface area (Å²) < 4.78 is 24.5. The average molecular weight is 449 g/mol. The fourth-order valence-corrected chi connectivity index (χ4v) is 4.20. The quantitative estimate of drug-likeness (QED) is 0.332. The highest BCUT2D eigenvalue weighted by molar-refractivity contribution is 6.74. The van der Waals surface area contributed by atoms with E-state index in [0.717, 1.165) is 18.4 Å². The Kier molecular flexibility index (Phi) is 9.34. The Balaban J connectivity index is 2.15. The van der Waals surface area contributed by atoms with Crippen LogP contribution in [0.2, 0.25) is 18.1 Å². The fourth-order valence-electron chi connectivity index (χ4n) is 3.19. The Labute approximate surface area is 189 Å². The Bertz CT molecular complexity index is 706. The van der Waals surface area contributed by atoms with Crippen LogP contribution in [0.4, 0.5) is 0 Å². The zero-order valence-electron chi connectivity index (χ0n) is 20.2. The normalized spacial score (nSPS) is 21.7. The lowest BCUT2D eigenvalue weighted by Gasteiger charge is -2.40. The van der Waals surface area contributed by atoms with Gasteiger partial charge in [0.1, 0.15) is 12.2 Å². The molecule has 0 N–H and O–H groups in total. The number of carbonyl (C=O) groups is 1. The van der Waals surface area contributed by atoms with Crippen LogP contribution in [0, 0.1) is 5.92 Å². The van der Waals surface area contributed by atoms with Crippen LogP contribution in [-0.4, -0.2) is 39.2 Å². The Morgan fingerprint density at radius 2 is 1.77 bits per heavy atom. The van der Waals surface area contributed by atoms with E-state index in [4.69, 9.17) is 18.6 Å². The predicted molar refractivity (Wildman–Crippen MR) is 126 cm³/mol. The van der Waals surface area contributed by atoms with Crippen LogP contribution in [0.3, 0.4) is 0 Å². The summed E-state index contributed by atoms with van der Waals surface area (Å²) in [6.07, 6.45) is 3.63. The van der Waals surface area contributed by atoms with Gasteiger partial charge in [-0.1, -0.05) is 65.0 Å². The van der Waals surface area contributed by atoms with Crippen molar-refractivity contribution in [1.82, 2.24) is 0 Å². The van der Waals surface area contributed by atoms with Crippen molar-refractivity contribution < 1.29 is 23.4 Å². The van der Waals surface area contributed by atoms with Crippen LogP contribution in [0.1, 0.15) is 53.0 Å². The number of rotatable bonds is 10. The minimum atomic E-state index is -1.96. The van der Waals surface area contributed by atoms with Crippen LogP contribution < -0.4 is 0 Å². The largest absolute Gasteiger partial charge is 0.493 e. The molecule has 2 rings (SSSR count). The number of hydrogen-bond donors (Lipinski definition) is 0. The summed E-state index contributed by atoms with van der Waals surface area (Å²) >= 11 is 0. The van der Waals surface area contributed by atoms with E-state index in [1.807, 2.05) is 44.2 Å². The van der Waals surface area contributed by atoms with Crippen LogP contribution in [-0.2, 0) is 30.0 Å². The lowest BCUT2D eigenvalue weighted by Crippen LogP contribution is -2.50. The van der Waals surface area contributed by atoms with Gasteiger partial charge >= 0.3 is 5.97 Å². The zero-order valence-corrected chi connectivity index (χ0v) is 21.2. The third-order valence-electron chi connectivity index (χ3n) is 6.48. The molecule has 0 fully saturated rings. The van der Waals surface area contributed by atoms with E-state index in [1.54, 1.807) is 12.3 Å². The summed E-state index contributed by atoms with van der Waals surface area (Å²) in [6, 6.07) is 9.99. The van der Waals surface area contributed by atoms with E-state index in [9.17, 15) is 4.79 Å². The molecule has 31 heavy (non-hydrogen) atoms. The number of carbonyl (C=O) groups excluding carboxylic acids is 1. The first-order chi connectivity index (χ1) is 14.6. The van der Waals surface area contributed by atoms with Gasteiger partial charge < -0.3 is 18.6 Å². The van der Waals surface area contributed by atoms with Crippen LogP contribution >= 0.6 is 0 Å². The second-order valence-corrected chi connectivity index (χ2v) is 14.6. The van der Waals surface area contributed by atoms with Crippen LogP contribution in [0.25, 0.3) is 0 Å². The topological polar surface area (TPSA) is 54.0 Å². The van der Waals surface area contributed by atoms with E-state index < -0.39 is 20.5 Å². The summed E-state index contributed by atoms with van der Waals surface area (Å²) in [4.78, 5) is 12.7. The molecular formula is C25H40O5Si. The molecule has 1 aliphatic heterocycles. The summed E-state index contributed by atoms with van der Waals surface area (Å²) in [5.74, 6) is -0.285. The van der Waals surface area contributed by atoms with Crippen molar-refractivity contribution in [3.63, 3.8) is 0 Å². The van der Waals surface area contributed by atoms with Gasteiger partial charge in [-0.2, -0.15) is 0 Å². The van der Waals surface area contributed by atoms with Crippen molar-refractivity contribution in [2.45, 2.75) is 90.5 Å². The van der Waals surface area contributed by atoms with Gasteiger partial charge in [-0.25, -0.2) is 0 Å².